The monoisotopic (exact) mass is 452 g/mol. The normalized spacial score (nSPS) is 10.9. The summed E-state index contributed by atoms with van der Waals surface area (Å²) in [7, 11) is 0. The molecule has 2 N–H and O–H groups in total. The molecule has 0 saturated heterocycles. The van der Waals surface area contributed by atoms with Crippen LogP contribution >= 0.6 is 23.4 Å². The maximum absolute atomic E-state index is 12.4. The van der Waals surface area contributed by atoms with Crippen LogP contribution in [0.15, 0.2) is 66.0 Å². The second kappa shape index (κ2) is 9.80. The van der Waals surface area contributed by atoms with Crippen LogP contribution in [-0.4, -0.2) is 36.6 Å². The van der Waals surface area contributed by atoms with E-state index in [1.807, 2.05) is 36.4 Å². The molecular weight excluding hydrogens is 432 g/mol. The second-order valence-corrected chi connectivity index (χ2v) is 8.17. The number of carbonyl (C=O) groups is 1. The molecule has 9 heteroatoms. The van der Waals surface area contributed by atoms with Crippen LogP contribution in [0, 0.1) is 0 Å². The number of thioether (sulfide) groups is 1. The van der Waals surface area contributed by atoms with Gasteiger partial charge in [-0.25, -0.2) is 9.67 Å². The molecule has 0 spiro atoms. The van der Waals surface area contributed by atoms with Crippen molar-refractivity contribution in [2.45, 2.75) is 25.0 Å². The quantitative estimate of drug-likeness (QED) is 0.379. The first-order chi connectivity index (χ1) is 15.1. The van der Waals surface area contributed by atoms with Crippen LogP contribution in [0.3, 0.4) is 0 Å². The number of nitrogens with zero attached hydrogens (tertiary/aromatic N) is 4. The minimum absolute atomic E-state index is 0.162. The van der Waals surface area contributed by atoms with Crippen LogP contribution in [0.2, 0.25) is 5.02 Å². The number of aryl methyl sites for hydroxylation is 1. The van der Waals surface area contributed by atoms with E-state index in [4.69, 9.17) is 11.6 Å². The Morgan fingerprint density at radius 3 is 2.74 bits per heavy atom. The molecule has 0 aliphatic heterocycles. The van der Waals surface area contributed by atoms with Crippen molar-refractivity contribution < 1.29 is 4.79 Å². The number of carbonyl (C=O) groups excluding carboxylic acids is 1. The Kier molecular flexibility index (Phi) is 6.69. The summed E-state index contributed by atoms with van der Waals surface area (Å²) in [5, 5.41) is 15.5. The predicted octanol–water partition coefficient (Wildman–Crippen LogP) is 4.66. The van der Waals surface area contributed by atoms with Crippen LogP contribution in [-0.2, 0) is 17.8 Å². The molecule has 0 atom stereocenters. The minimum atomic E-state index is -0.162. The van der Waals surface area contributed by atoms with E-state index in [2.05, 4.69) is 44.7 Å². The number of hydrogen-bond acceptors (Lipinski definition) is 5. The standard InChI is InChI=1S/C22H21ClN6OS/c1-2-15-7-9-16(10-8-15)21-26-22(28-27-21)31-14-20(30)25-19-11-12-24-29(19)13-17-5-3-4-6-18(17)23/h3-12H,2,13-14H2,1H3,(H,25,30)(H,26,27,28). The van der Waals surface area contributed by atoms with Gasteiger partial charge in [-0.2, -0.15) is 5.10 Å². The molecule has 2 aromatic carbocycles. The summed E-state index contributed by atoms with van der Waals surface area (Å²) in [4.78, 5) is 16.9. The maximum atomic E-state index is 12.4. The lowest BCUT2D eigenvalue weighted by molar-refractivity contribution is -0.113. The van der Waals surface area contributed by atoms with Gasteiger partial charge in [-0.1, -0.05) is 72.8 Å². The fourth-order valence-electron chi connectivity index (χ4n) is 3.00. The third-order valence-corrected chi connectivity index (χ3v) is 5.91. The molecule has 0 radical (unpaired) electrons. The van der Waals surface area contributed by atoms with Crippen molar-refractivity contribution in [1.29, 1.82) is 0 Å². The van der Waals surface area contributed by atoms with E-state index in [9.17, 15) is 4.79 Å². The zero-order chi connectivity index (χ0) is 21.6. The largest absolute Gasteiger partial charge is 0.310 e. The molecule has 1 amide bonds. The molecule has 4 aromatic rings. The summed E-state index contributed by atoms with van der Waals surface area (Å²) in [5.74, 6) is 1.31. The van der Waals surface area contributed by atoms with Crippen LogP contribution in [0.4, 0.5) is 5.82 Å². The molecule has 0 aliphatic carbocycles. The van der Waals surface area contributed by atoms with Crippen molar-refractivity contribution in [3.05, 3.63) is 76.9 Å². The van der Waals surface area contributed by atoms with Crippen molar-refractivity contribution in [3.63, 3.8) is 0 Å². The molecule has 0 unspecified atom stereocenters. The molecule has 0 saturated carbocycles. The van der Waals surface area contributed by atoms with E-state index in [0.717, 1.165) is 17.5 Å². The zero-order valence-electron chi connectivity index (χ0n) is 16.9. The number of halogens is 1. The highest BCUT2D eigenvalue weighted by Gasteiger charge is 2.12. The number of anilines is 1. The molecule has 2 heterocycles. The second-order valence-electron chi connectivity index (χ2n) is 6.82. The first-order valence-corrected chi connectivity index (χ1v) is 11.2. The average Bonchev–Trinajstić information content (AvgIpc) is 3.44. The molecule has 0 bridgehead atoms. The van der Waals surface area contributed by atoms with Gasteiger partial charge in [-0.15, -0.1) is 5.10 Å². The lowest BCUT2D eigenvalue weighted by atomic mass is 10.1. The number of aromatic amines is 1. The summed E-state index contributed by atoms with van der Waals surface area (Å²) in [6.07, 6.45) is 2.63. The zero-order valence-corrected chi connectivity index (χ0v) is 18.5. The van der Waals surface area contributed by atoms with E-state index in [1.54, 1.807) is 16.9 Å². The first-order valence-electron chi connectivity index (χ1n) is 9.82. The van der Waals surface area contributed by atoms with Crippen molar-refractivity contribution in [2.24, 2.45) is 0 Å². The van der Waals surface area contributed by atoms with Crippen LogP contribution in [0.1, 0.15) is 18.1 Å². The molecule has 0 aliphatic rings. The van der Waals surface area contributed by atoms with Gasteiger partial charge in [0.05, 0.1) is 18.5 Å². The average molecular weight is 453 g/mol. The summed E-state index contributed by atoms with van der Waals surface area (Å²) in [6.45, 7) is 2.59. The smallest absolute Gasteiger partial charge is 0.235 e. The summed E-state index contributed by atoms with van der Waals surface area (Å²) >= 11 is 7.50. The predicted molar refractivity (Wildman–Crippen MR) is 123 cm³/mol. The molecule has 0 fully saturated rings. The van der Waals surface area contributed by atoms with Gasteiger partial charge >= 0.3 is 0 Å². The number of nitrogens with one attached hydrogen (secondary N) is 2. The highest BCUT2D eigenvalue weighted by atomic mass is 35.5. The Labute approximate surface area is 189 Å². The van der Waals surface area contributed by atoms with E-state index >= 15 is 0 Å². The van der Waals surface area contributed by atoms with E-state index in [1.165, 1.54) is 17.3 Å². The Morgan fingerprint density at radius 2 is 1.97 bits per heavy atom. The van der Waals surface area contributed by atoms with Gasteiger partial charge in [-0.3, -0.25) is 9.89 Å². The lowest BCUT2D eigenvalue weighted by Gasteiger charge is -2.09. The van der Waals surface area contributed by atoms with E-state index < -0.39 is 0 Å². The van der Waals surface area contributed by atoms with Gasteiger partial charge in [0.2, 0.25) is 11.1 Å². The SMILES string of the molecule is CCc1ccc(-c2nc(SCC(=O)Nc3ccnn3Cc3ccccc3Cl)n[nH]2)cc1. The minimum Gasteiger partial charge on any atom is -0.310 e. The van der Waals surface area contributed by atoms with Gasteiger partial charge in [0.1, 0.15) is 5.82 Å². The van der Waals surface area contributed by atoms with Crippen LogP contribution < -0.4 is 5.32 Å². The number of rotatable bonds is 8. The highest BCUT2D eigenvalue weighted by molar-refractivity contribution is 7.99. The fraction of sp³-hybridized carbons (Fsp3) is 0.182. The number of aromatic nitrogens is 5. The molecule has 7 nitrogen and oxygen atoms in total. The van der Waals surface area contributed by atoms with Crippen molar-refractivity contribution >= 4 is 35.1 Å². The van der Waals surface area contributed by atoms with Crippen molar-refractivity contribution in [3.8, 4) is 11.4 Å². The van der Waals surface area contributed by atoms with E-state index in [0.29, 0.717) is 28.4 Å². The number of benzene rings is 2. The molecule has 4 rings (SSSR count). The van der Waals surface area contributed by atoms with Crippen molar-refractivity contribution in [2.75, 3.05) is 11.1 Å². The molecule has 31 heavy (non-hydrogen) atoms. The van der Waals surface area contributed by atoms with Crippen LogP contribution in [0.5, 0.6) is 0 Å². The van der Waals surface area contributed by atoms with Gasteiger partial charge in [-0.05, 0) is 23.6 Å². The lowest BCUT2D eigenvalue weighted by Crippen LogP contribution is -2.18. The van der Waals surface area contributed by atoms with Crippen LogP contribution in [0.25, 0.3) is 11.4 Å². The Balaban J connectivity index is 1.34. The summed E-state index contributed by atoms with van der Waals surface area (Å²) in [5.41, 5.74) is 3.16. The number of hydrogen-bond donors (Lipinski definition) is 2. The van der Waals surface area contributed by atoms with Gasteiger partial charge in [0.15, 0.2) is 5.82 Å². The molecule has 2 aromatic heterocycles. The first kappa shape index (κ1) is 21.1. The van der Waals surface area contributed by atoms with Gasteiger partial charge in [0.25, 0.3) is 0 Å². The number of amides is 1. The topological polar surface area (TPSA) is 88.5 Å². The Hall–Kier alpha value is -3.10. The van der Waals surface area contributed by atoms with E-state index in [-0.39, 0.29) is 11.7 Å². The highest BCUT2D eigenvalue weighted by Crippen LogP contribution is 2.21. The third-order valence-electron chi connectivity index (χ3n) is 4.69. The third kappa shape index (κ3) is 5.34. The summed E-state index contributed by atoms with van der Waals surface area (Å²) in [6, 6.07) is 17.5. The van der Waals surface area contributed by atoms with Gasteiger partial charge < -0.3 is 5.32 Å². The Bertz CT molecular complexity index is 1170. The number of H-pyrrole nitrogens is 1. The summed E-state index contributed by atoms with van der Waals surface area (Å²) < 4.78 is 1.70. The molecule has 158 valence electrons. The van der Waals surface area contributed by atoms with Gasteiger partial charge in [0, 0.05) is 16.7 Å². The maximum Gasteiger partial charge on any atom is 0.235 e. The van der Waals surface area contributed by atoms with Crippen molar-refractivity contribution in [1.82, 2.24) is 25.0 Å². The fourth-order valence-corrected chi connectivity index (χ4v) is 3.79. The molecular formula is C22H21ClN6OS. The Morgan fingerprint density at radius 1 is 1.16 bits per heavy atom.